The van der Waals surface area contributed by atoms with E-state index >= 15 is 0 Å². The standard InChI is InChI=1S/C19H23N3O3S.CH4/c1-25-18(24)16-11-26-19(21-16)22-17(23)15(10-12-4-2-3-5-12)13-6-8-14(20)9-7-13;/h6-9,11-12,15H,2-5,10,20H2,1H3,(H,21,22,23);1H4. The number of nitrogen functional groups attached to an aromatic ring is 1. The third kappa shape index (κ3) is 5.29. The molecule has 27 heavy (non-hydrogen) atoms. The molecule has 1 aliphatic carbocycles. The van der Waals surface area contributed by atoms with Gasteiger partial charge in [-0.25, -0.2) is 9.78 Å². The van der Waals surface area contributed by atoms with E-state index in [4.69, 9.17) is 5.73 Å². The van der Waals surface area contributed by atoms with Crippen LogP contribution in [-0.2, 0) is 9.53 Å². The van der Waals surface area contributed by atoms with Crippen molar-refractivity contribution in [2.75, 3.05) is 18.2 Å². The van der Waals surface area contributed by atoms with Crippen molar-refractivity contribution in [2.24, 2.45) is 5.92 Å². The number of esters is 1. The molecule has 3 rings (SSSR count). The first kappa shape index (κ1) is 20.9. The number of nitrogens with one attached hydrogen (secondary N) is 1. The molecule has 146 valence electrons. The molecule has 2 aromatic rings. The summed E-state index contributed by atoms with van der Waals surface area (Å²) in [6, 6.07) is 7.47. The van der Waals surface area contributed by atoms with Gasteiger partial charge < -0.3 is 15.8 Å². The Bertz CT molecular complexity index is 767. The maximum Gasteiger partial charge on any atom is 0.357 e. The van der Waals surface area contributed by atoms with Gasteiger partial charge in [0.15, 0.2) is 10.8 Å². The summed E-state index contributed by atoms with van der Waals surface area (Å²) in [7, 11) is 1.30. The van der Waals surface area contributed by atoms with Gasteiger partial charge in [0.25, 0.3) is 0 Å². The summed E-state index contributed by atoms with van der Waals surface area (Å²) in [6.45, 7) is 0. The molecular weight excluding hydrogens is 362 g/mol. The average Bonchev–Trinajstić information content (AvgIpc) is 3.31. The molecule has 3 N–H and O–H groups in total. The highest BCUT2D eigenvalue weighted by molar-refractivity contribution is 7.14. The number of ether oxygens (including phenoxy) is 1. The molecule has 1 heterocycles. The van der Waals surface area contributed by atoms with Crippen LogP contribution in [0.2, 0.25) is 0 Å². The normalized spacial score (nSPS) is 15.0. The van der Waals surface area contributed by atoms with Gasteiger partial charge in [-0.1, -0.05) is 45.2 Å². The van der Waals surface area contributed by atoms with Gasteiger partial charge in [-0.05, 0) is 30.0 Å². The van der Waals surface area contributed by atoms with E-state index in [1.807, 2.05) is 24.3 Å². The molecule has 0 saturated heterocycles. The Balaban J connectivity index is 0.00000261. The number of nitrogens with zero attached hydrogens (tertiary/aromatic N) is 1. The minimum atomic E-state index is -0.511. The Labute approximate surface area is 164 Å². The average molecular weight is 390 g/mol. The van der Waals surface area contributed by atoms with E-state index in [0.717, 1.165) is 12.0 Å². The smallest absolute Gasteiger partial charge is 0.357 e. The van der Waals surface area contributed by atoms with Crippen LogP contribution in [0.3, 0.4) is 0 Å². The third-order valence-corrected chi connectivity index (χ3v) is 5.59. The lowest BCUT2D eigenvalue weighted by atomic mass is 9.87. The summed E-state index contributed by atoms with van der Waals surface area (Å²) in [5, 5.41) is 4.84. The molecule has 1 atom stereocenters. The second-order valence-electron chi connectivity index (χ2n) is 6.62. The minimum absolute atomic E-state index is 0. The topological polar surface area (TPSA) is 94.3 Å². The highest BCUT2D eigenvalue weighted by Crippen LogP contribution is 2.35. The summed E-state index contributed by atoms with van der Waals surface area (Å²) < 4.78 is 4.65. The zero-order chi connectivity index (χ0) is 18.5. The summed E-state index contributed by atoms with van der Waals surface area (Å²) in [6.07, 6.45) is 5.61. The number of methoxy groups -OCH3 is 1. The highest BCUT2D eigenvalue weighted by Gasteiger charge is 2.27. The van der Waals surface area contributed by atoms with E-state index in [1.54, 1.807) is 5.38 Å². The summed E-state index contributed by atoms with van der Waals surface area (Å²) in [5.41, 5.74) is 7.61. The van der Waals surface area contributed by atoms with Crippen molar-refractivity contribution in [3.05, 3.63) is 40.9 Å². The Hall–Kier alpha value is -2.41. The maximum atomic E-state index is 12.9. The largest absolute Gasteiger partial charge is 0.464 e. The molecule has 1 saturated carbocycles. The highest BCUT2D eigenvalue weighted by atomic mass is 32.1. The van der Waals surface area contributed by atoms with Crippen LogP contribution in [0.4, 0.5) is 10.8 Å². The van der Waals surface area contributed by atoms with Gasteiger partial charge in [-0.15, -0.1) is 11.3 Å². The summed E-state index contributed by atoms with van der Waals surface area (Å²) >= 11 is 1.22. The second kappa shape index (κ2) is 9.50. The molecule has 0 spiro atoms. The van der Waals surface area contributed by atoms with Crippen molar-refractivity contribution in [1.82, 2.24) is 4.98 Å². The van der Waals surface area contributed by atoms with Gasteiger partial charge in [-0.2, -0.15) is 0 Å². The fraction of sp³-hybridized carbons (Fsp3) is 0.450. The fourth-order valence-electron chi connectivity index (χ4n) is 3.42. The number of hydrogen-bond acceptors (Lipinski definition) is 6. The predicted octanol–water partition coefficient (Wildman–Crippen LogP) is 4.45. The van der Waals surface area contributed by atoms with Crippen molar-refractivity contribution < 1.29 is 14.3 Å². The number of rotatable bonds is 6. The Morgan fingerprint density at radius 1 is 1.30 bits per heavy atom. The second-order valence-corrected chi connectivity index (χ2v) is 7.48. The molecule has 1 unspecified atom stereocenters. The van der Waals surface area contributed by atoms with Gasteiger partial charge in [0.1, 0.15) is 0 Å². The van der Waals surface area contributed by atoms with E-state index < -0.39 is 5.97 Å². The molecule has 7 heteroatoms. The molecule has 1 amide bonds. The quantitative estimate of drug-likeness (QED) is 0.562. The molecular formula is C20H27N3O3S. The van der Waals surface area contributed by atoms with Crippen molar-refractivity contribution in [1.29, 1.82) is 0 Å². The van der Waals surface area contributed by atoms with Crippen LogP contribution in [0, 0.1) is 5.92 Å². The predicted molar refractivity (Wildman–Crippen MR) is 109 cm³/mol. The summed E-state index contributed by atoms with van der Waals surface area (Å²) in [5.74, 6) is -0.315. The molecule has 0 radical (unpaired) electrons. The number of aromatic nitrogens is 1. The summed E-state index contributed by atoms with van der Waals surface area (Å²) in [4.78, 5) is 28.6. The molecule has 1 fully saturated rings. The third-order valence-electron chi connectivity index (χ3n) is 4.83. The number of benzene rings is 1. The lowest BCUT2D eigenvalue weighted by Gasteiger charge is -2.20. The number of amides is 1. The van der Waals surface area contributed by atoms with Crippen molar-refractivity contribution >= 4 is 34.0 Å². The minimum Gasteiger partial charge on any atom is -0.464 e. The molecule has 0 aliphatic heterocycles. The first-order chi connectivity index (χ1) is 12.6. The first-order valence-corrected chi connectivity index (χ1v) is 9.65. The number of hydrogen-bond donors (Lipinski definition) is 2. The van der Waals surface area contributed by atoms with E-state index in [1.165, 1.54) is 44.1 Å². The van der Waals surface area contributed by atoms with E-state index in [-0.39, 0.29) is 24.9 Å². The van der Waals surface area contributed by atoms with Gasteiger partial charge in [0.05, 0.1) is 13.0 Å². The van der Waals surface area contributed by atoms with E-state index in [0.29, 0.717) is 16.7 Å². The number of nitrogens with two attached hydrogens (primary N) is 1. The first-order valence-electron chi connectivity index (χ1n) is 8.77. The van der Waals surface area contributed by atoms with Crippen LogP contribution in [0.5, 0.6) is 0 Å². The Morgan fingerprint density at radius 2 is 1.96 bits per heavy atom. The number of carbonyl (C=O) groups is 2. The lowest BCUT2D eigenvalue weighted by molar-refractivity contribution is -0.118. The van der Waals surface area contributed by atoms with Crippen LogP contribution in [-0.4, -0.2) is 24.0 Å². The van der Waals surface area contributed by atoms with Crippen LogP contribution in [0.15, 0.2) is 29.6 Å². The van der Waals surface area contributed by atoms with Crippen molar-refractivity contribution in [2.45, 2.75) is 45.4 Å². The molecule has 1 aliphatic rings. The number of anilines is 2. The van der Waals surface area contributed by atoms with E-state index in [9.17, 15) is 9.59 Å². The SMILES string of the molecule is C.COC(=O)c1csc(NC(=O)C(CC2CCCC2)c2ccc(N)cc2)n1. The van der Waals surface area contributed by atoms with Crippen molar-refractivity contribution in [3.63, 3.8) is 0 Å². The van der Waals surface area contributed by atoms with Crippen LogP contribution in [0.25, 0.3) is 0 Å². The number of carbonyl (C=O) groups excluding carboxylic acids is 2. The lowest BCUT2D eigenvalue weighted by Crippen LogP contribution is -2.23. The monoisotopic (exact) mass is 389 g/mol. The Kier molecular flexibility index (Phi) is 7.36. The maximum absolute atomic E-state index is 12.9. The zero-order valence-corrected chi connectivity index (χ0v) is 15.6. The molecule has 6 nitrogen and oxygen atoms in total. The van der Waals surface area contributed by atoms with Gasteiger partial charge in [-0.3, -0.25) is 4.79 Å². The molecule has 1 aromatic heterocycles. The van der Waals surface area contributed by atoms with Crippen LogP contribution >= 0.6 is 11.3 Å². The number of thiazole rings is 1. The fourth-order valence-corrected chi connectivity index (χ4v) is 4.11. The van der Waals surface area contributed by atoms with Crippen molar-refractivity contribution in [3.8, 4) is 0 Å². The van der Waals surface area contributed by atoms with E-state index in [2.05, 4.69) is 15.0 Å². The zero-order valence-electron chi connectivity index (χ0n) is 14.7. The van der Waals surface area contributed by atoms with Crippen LogP contribution < -0.4 is 11.1 Å². The van der Waals surface area contributed by atoms with Gasteiger partial charge in [0.2, 0.25) is 5.91 Å². The molecule has 0 bridgehead atoms. The molecule has 1 aromatic carbocycles. The van der Waals surface area contributed by atoms with Gasteiger partial charge >= 0.3 is 5.97 Å². The Morgan fingerprint density at radius 3 is 2.59 bits per heavy atom. The van der Waals surface area contributed by atoms with Crippen LogP contribution in [0.1, 0.15) is 61.5 Å². The van der Waals surface area contributed by atoms with Gasteiger partial charge in [0, 0.05) is 11.1 Å².